The van der Waals surface area contributed by atoms with Crippen LogP contribution >= 0.6 is 15.9 Å². The Bertz CT molecular complexity index is 663. The lowest BCUT2D eigenvalue weighted by Gasteiger charge is -2.38. The van der Waals surface area contributed by atoms with E-state index in [0.29, 0.717) is 0 Å². The maximum atomic E-state index is 6.45. The van der Waals surface area contributed by atoms with E-state index in [-0.39, 0.29) is 17.6 Å². The van der Waals surface area contributed by atoms with Crippen molar-refractivity contribution in [3.8, 4) is 0 Å². The first-order valence-electron chi connectivity index (χ1n) is 7.45. The second-order valence-corrected chi connectivity index (χ2v) is 7.65. The van der Waals surface area contributed by atoms with Gasteiger partial charge in [-0.15, -0.1) is 0 Å². The lowest BCUT2D eigenvalue weighted by molar-refractivity contribution is 0.117. The summed E-state index contributed by atoms with van der Waals surface area (Å²) in [4.78, 5) is 7.13. The van der Waals surface area contributed by atoms with Gasteiger partial charge in [0, 0.05) is 34.2 Å². The predicted octanol–water partition coefficient (Wildman–Crippen LogP) is 3.87. The van der Waals surface area contributed by atoms with Crippen LogP contribution in [0.1, 0.15) is 38.8 Å². The van der Waals surface area contributed by atoms with Gasteiger partial charge in [-0.1, -0.05) is 28.1 Å². The number of fused-ring (bicyclic) bond motifs is 1. The molecule has 2 N–H and O–H groups in total. The van der Waals surface area contributed by atoms with Crippen LogP contribution in [0.4, 0.5) is 0 Å². The summed E-state index contributed by atoms with van der Waals surface area (Å²) >= 11 is 3.62. The molecule has 0 bridgehead atoms. The van der Waals surface area contributed by atoms with Crippen molar-refractivity contribution < 1.29 is 0 Å². The van der Waals surface area contributed by atoms with Crippen molar-refractivity contribution in [3.63, 3.8) is 0 Å². The molecule has 1 aromatic heterocycles. The minimum Gasteiger partial charge on any atom is -0.326 e. The fourth-order valence-corrected chi connectivity index (χ4v) is 3.82. The zero-order valence-corrected chi connectivity index (χ0v) is 14.4. The smallest absolute Gasteiger partial charge is 0.0761 e. The lowest BCUT2D eigenvalue weighted by atomic mass is 9.95. The van der Waals surface area contributed by atoms with Crippen molar-refractivity contribution in [2.24, 2.45) is 5.73 Å². The summed E-state index contributed by atoms with van der Waals surface area (Å²) in [5, 5.41) is 1.16. The minimum atomic E-state index is 0.104. The quantitative estimate of drug-likeness (QED) is 0.851. The first-order chi connectivity index (χ1) is 9.89. The molecule has 0 amide bonds. The summed E-state index contributed by atoms with van der Waals surface area (Å²) in [5.74, 6) is 0. The van der Waals surface area contributed by atoms with Gasteiger partial charge in [-0.2, -0.15) is 0 Å². The van der Waals surface area contributed by atoms with Gasteiger partial charge >= 0.3 is 0 Å². The highest BCUT2D eigenvalue weighted by Crippen LogP contribution is 2.40. The van der Waals surface area contributed by atoms with E-state index >= 15 is 0 Å². The Morgan fingerprint density at radius 1 is 1.29 bits per heavy atom. The molecule has 2 aromatic rings. The normalized spacial score (nSPS) is 23.9. The number of likely N-dealkylation sites (tertiary alicyclic amines) is 1. The number of halogens is 1. The Hall–Kier alpha value is -0.970. The average Bonchev–Trinajstić information content (AvgIpc) is 2.82. The Morgan fingerprint density at radius 2 is 2.05 bits per heavy atom. The monoisotopic (exact) mass is 347 g/mol. The van der Waals surface area contributed by atoms with Crippen LogP contribution in [-0.4, -0.2) is 28.0 Å². The SMILES string of the molecule is CC(C)(C)N1CCC(N)C1c1ccc(Br)c2cccnc12. The molecule has 3 nitrogen and oxygen atoms in total. The molecule has 2 heterocycles. The molecule has 4 heteroatoms. The van der Waals surface area contributed by atoms with Gasteiger partial charge in [0.05, 0.1) is 11.6 Å². The third kappa shape index (κ3) is 2.60. The first kappa shape index (κ1) is 14.9. The van der Waals surface area contributed by atoms with Crippen LogP contribution in [0.3, 0.4) is 0 Å². The molecule has 2 atom stereocenters. The van der Waals surface area contributed by atoms with Crippen LogP contribution in [0, 0.1) is 0 Å². The van der Waals surface area contributed by atoms with Crippen molar-refractivity contribution in [1.82, 2.24) is 9.88 Å². The summed E-state index contributed by atoms with van der Waals surface area (Å²) in [5.41, 5.74) is 8.85. The van der Waals surface area contributed by atoms with Crippen LogP contribution < -0.4 is 5.73 Å². The number of benzene rings is 1. The lowest BCUT2D eigenvalue weighted by Crippen LogP contribution is -2.43. The summed E-state index contributed by atoms with van der Waals surface area (Å²) < 4.78 is 1.09. The molecular weight excluding hydrogens is 326 g/mol. The van der Waals surface area contributed by atoms with Crippen molar-refractivity contribution in [1.29, 1.82) is 0 Å². The van der Waals surface area contributed by atoms with Crippen molar-refractivity contribution in [2.45, 2.75) is 44.8 Å². The standard InChI is InChI=1S/C17H22BrN3/c1-17(2,3)21-10-8-14(19)16(21)12-6-7-13(18)11-5-4-9-20-15(11)12/h4-7,9,14,16H,8,10,19H2,1-3H3. The summed E-state index contributed by atoms with van der Waals surface area (Å²) in [6.07, 6.45) is 2.90. The Labute approximate surface area is 134 Å². The van der Waals surface area contributed by atoms with Crippen molar-refractivity contribution in [3.05, 3.63) is 40.5 Å². The van der Waals surface area contributed by atoms with Gasteiger partial charge in [0.2, 0.25) is 0 Å². The molecule has 0 aliphatic carbocycles. The number of nitrogens with two attached hydrogens (primary N) is 1. The van der Waals surface area contributed by atoms with Crippen LogP contribution in [0.5, 0.6) is 0 Å². The van der Waals surface area contributed by atoms with E-state index in [9.17, 15) is 0 Å². The largest absolute Gasteiger partial charge is 0.326 e. The van der Waals surface area contributed by atoms with Gasteiger partial charge < -0.3 is 5.73 Å². The molecule has 21 heavy (non-hydrogen) atoms. The highest BCUT2D eigenvalue weighted by Gasteiger charge is 2.39. The number of aromatic nitrogens is 1. The molecule has 3 rings (SSSR count). The second-order valence-electron chi connectivity index (χ2n) is 6.80. The maximum absolute atomic E-state index is 6.45. The number of nitrogens with zero attached hydrogens (tertiary/aromatic N) is 2. The molecular formula is C17H22BrN3. The predicted molar refractivity (Wildman–Crippen MR) is 91.2 cm³/mol. The van der Waals surface area contributed by atoms with Gasteiger partial charge in [-0.25, -0.2) is 0 Å². The number of pyridine rings is 1. The van der Waals surface area contributed by atoms with Gasteiger partial charge in [-0.3, -0.25) is 9.88 Å². The molecule has 1 saturated heterocycles. The molecule has 0 radical (unpaired) electrons. The third-order valence-electron chi connectivity index (χ3n) is 4.37. The fourth-order valence-electron chi connectivity index (χ4n) is 3.37. The topological polar surface area (TPSA) is 42.1 Å². The molecule has 1 aromatic carbocycles. The Balaban J connectivity index is 2.17. The minimum absolute atomic E-state index is 0.104. The van der Waals surface area contributed by atoms with E-state index in [4.69, 9.17) is 5.73 Å². The Kier molecular flexibility index (Phi) is 3.80. The highest BCUT2D eigenvalue weighted by molar-refractivity contribution is 9.10. The Morgan fingerprint density at radius 3 is 2.76 bits per heavy atom. The zero-order valence-electron chi connectivity index (χ0n) is 12.8. The third-order valence-corrected chi connectivity index (χ3v) is 5.06. The van der Waals surface area contributed by atoms with Gasteiger partial charge in [0.25, 0.3) is 0 Å². The maximum Gasteiger partial charge on any atom is 0.0761 e. The fraction of sp³-hybridized carbons (Fsp3) is 0.471. The average molecular weight is 348 g/mol. The highest BCUT2D eigenvalue weighted by atomic mass is 79.9. The summed E-state index contributed by atoms with van der Waals surface area (Å²) in [7, 11) is 0. The molecule has 0 saturated carbocycles. The van der Waals surface area contributed by atoms with Crippen molar-refractivity contribution in [2.75, 3.05) is 6.54 Å². The molecule has 112 valence electrons. The summed E-state index contributed by atoms with van der Waals surface area (Å²) in [6, 6.07) is 8.77. The van der Waals surface area contributed by atoms with Gasteiger partial charge in [0.1, 0.15) is 0 Å². The molecule has 1 aliphatic heterocycles. The van der Waals surface area contributed by atoms with E-state index in [0.717, 1.165) is 28.3 Å². The van der Waals surface area contributed by atoms with Gasteiger partial charge in [-0.05, 0) is 44.9 Å². The first-order valence-corrected chi connectivity index (χ1v) is 8.24. The van der Waals surface area contributed by atoms with Crippen LogP contribution in [-0.2, 0) is 0 Å². The van der Waals surface area contributed by atoms with Gasteiger partial charge in [0.15, 0.2) is 0 Å². The molecule has 1 aliphatic rings. The zero-order chi connectivity index (χ0) is 15.2. The van der Waals surface area contributed by atoms with E-state index in [2.05, 4.69) is 64.8 Å². The van der Waals surface area contributed by atoms with Crippen LogP contribution in [0.25, 0.3) is 10.9 Å². The van der Waals surface area contributed by atoms with E-state index in [1.54, 1.807) is 0 Å². The van der Waals surface area contributed by atoms with E-state index in [1.807, 2.05) is 12.3 Å². The number of hydrogen-bond acceptors (Lipinski definition) is 3. The van der Waals surface area contributed by atoms with E-state index in [1.165, 1.54) is 5.56 Å². The molecule has 2 unspecified atom stereocenters. The second kappa shape index (κ2) is 5.34. The number of rotatable bonds is 1. The van der Waals surface area contributed by atoms with Crippen LogP contribution in [0.2, 0.25) is 0 Å². The van der Waals surface area contributed by atoms with Crippen molar-refractivity contribution >= 4 is 26.8 Å². The molecule has 0 spiro atoms. The summed E-state index contributed by atoms with van der Waals surface area (Å²) in [6.45, 7) is 7.81. The van der Waals surface area contributed by atoms with Crippen LogP contribution in [0.15, 0.2) is 34.9 Å². The number of hydrogen-bond donors (Lipinski definition) is 1. The molecule has 1 fully saturated rings. The van der Waals surface area contributed by atoms with E-state index < -0.39 is 0 Å².